The van der Waals surface area contributed by atoms with Gasteiger partial charge in [0.05, 0.1) is 26.4 Å². The molecule has 0 fully saturated rings. The summed E-state index contributed by atoms with van der Waals surface area (Å²) >= 11 is 0. The van der Waals surface area contributed by atoms with Crippen molar-refractivity contribution < 1.29 is 80.2 Å². The van der Waals surface area contributed by atoms with E-state index in [4.69, 9.17) is 37.0 Å². The van der Waals surface area contributed by atoms with Gasteiger partial charge in [-0.2, -0.15) is 0 Å². The van der Waals surface area contributed by atoms with E-state index in [2.05, 4.69) is 34.6 Å². The summed E-state index contributed by atoms with van der Waals surface area (Å²) in [4.78, 5) is 72.4. The minimum absolute atomic E-state index is 0.102. The number of hydrogen-bond donors (Lipinski definition) is 3. The first-order valence-electron chi connectivity index (χ1n) is 37.1. The second kappa shape index (κ2) is 64.4. The van der Waals surface area contributed by atoms with Gasteiger partial charge in [0, 0.05) is 25.7 Å². The molecule has 3 N–H and O–H groups in total. The predicted octanol–water partition coefficient (Wildman–Crippen LogP) is 20.5. The lowest BCUT2D eigenvalue weighted by atomic mass is 10.0. The van der Waals surface area contributed by atoms with Crippen LogP contribution in [0, 0.1) is 5.92 Å². The van der Waals surface area contributed by atoms with Crippen LogP contribution in [0.4, 0.5) is 0 Å². The van der Waals surface area contributed by atoms with E-state index < -0.39 is 97.5 Å². The van der Waals surface area contributed by atoms with Crippen molar-refractivity contribution in [3.8, 4) is 0 Å². The number of aliphatic hydroxyl groups excluding tert-OH is 1. The maximum Gasteiger partial charge on any atom is 0.472 e. The smallest absolute Gasteiger partial charge is 0.462 e. The van der Waals surface area contributed by atoms with Crippen molar-refractivity contribution in [3.63, 3.8) is 0 Å². The number of unbranched alkanes of at least 4 members (excludes halogenated alkanes) is 43. The Morgan fingerprint density at radius 2 is 0.511 bits per heavy atom. The van der Waals surface area contributed by atoms with Crippen molar-refractivity contribution >= 4 is 39.5 Å². The number of phosphoric acid groups is 2. The van der Waals surface area contributed by atoms with Gasteiger partial charge in [0.2, 0.25) is 0 Å². The van der Waals surface area contributed by atoms with Crippen LogP contribution in [-0.2, 0) is 65.4 Å². The van der Waals surface area contributed by atoms with Crippen LogP contribution in [0.15, 0.2) is 0 Å². The van der Waals surface area contributed by atoms with Gasteiger partial charge in [0.1, 0.15) is 19.3 Å². The molecule has 0 bridgehead atoms. The number of carbonyl (C=O) groups excluding carboxylic acids is 4. The highest BCUT2D eigenvalue weighted by Crippen LogP contribution is 2.45. The van der Waals surface area contributed by atoms with Crippen LogP contribution in [0.5, 0.6) is 0 Å². The standard InChI is InChI=1S/C71H138O17P2/c1-6-9-12-15-18-21-23-24-25-26-27-28-29-30-31-32-34-37-40-46-51-56-70(75)87-66(60-82-69(74)55-50-45-39-36-33-22-19-16-13-10-7-2)62-85-89(77,78)83-58-65(72)59-84-90(79,80)86-63-67(88-71(76)57-52-47-42-41-43-48-53-64(4)5)61-81-68(73)54-49-44-38-35-20-17-14-11-8-3/h64-67,72H,6-63H2,1-5H3,(H,77,78)(H,79,80)/t65-,66-,67-/m1/s1. The molecule has 0 amide bonds. The van der Waals surface area contributed by atoms with E-state index in [0.717, 1.165) is 89.9 Å². The van der Waals surface area contributed by atoms with E-state index >= 15 is 0 Å². The van der Waals surface area contributed by atoms with Gasteiger partial charge in [-0.3, -0.25) is 37.3 Å². The number of esters is 4. The molecule has 534 valence electrons. The molecule has 19 heteroatoms. The zero-order chi connectivity index (χ0) is 66.3. The summed E-state index contributed by atoms with van der Waals surface area (Å²) in [5, 5.41) is 10.6. The summed E-state index contributed by atoms with van der Waals surface area (Å²) in [7, 11) is -9.89. The Hall–Kier alpha value is -1.94. The molecule has 0 saturated carbocycles. The number of aliphatic hydroxyl groups is 1. The van der Waals surface area contributed by atoms with Gasteiger partial charge < -0.3 is 33.8 Å². The van der Waals surface area contributed by atoms with Crippen molar-refractivity contribution in [1.29, 1.82) is 0 Å². The number of rotatable bonds is 71. The lowest BCUT2D eigenvalue weighted by molar-refractivity contribution is -0.161. The Kier molecular flexibility index (Phi) is 63.0. The summed E-state index contributed by atoms with van der Waals surface area (Å²) in [5.41, 5.74) is 0. The number of ether oxygens (including phenoxy) is 4. The van der Waals surface area contributed by atoms with Gasteiger partial charge in [-0.15, -0.1) is 0 Å². The predicted molar refractivity (Wildman–Crippen MR) is 363 cm³/mol. The molecule has 5 atom stereocenters. The fourth-order valence-electron chi connectivity index (χ4n) is 10.8. The summed E-state index contributed by atoms with van der Waals surface area (Å²) in [5.74, 6) is -1.46. The Labute approximate surface area is 549 Å². The highest BCUT2D eigenvalue weighted by Gasteiger charge is 2.30. The normalized spacial score (nSPS) is 14.1. The monoisotopic (exact) mass is 1320 g/mol. The Balaban J connectivity index is 5.14. The third kappa shape index (κ3) is 64.8. The van der Waals surface area contributed by atoms with E-state index in [1.54, 1.807) is 0 Å². The van der Waals surface area contributed by atoms with Gasteiger partial charge in [-0.05, 0) is 31.6 Å². The third-order valence-electron chi connectivity index (χ3n) is 16.5. The van der Waals surface area contributed by atoms with Crippen molar-refractivity contribution in [3.05, 3.63) is 0 Å². The second-order valence-electron chi connectivity index (χ2n) is 26.1. The molecule has 0 aromatic rings. The summed E-state index contributed by atoms with van der Waals surface area (Å²) in [6.07, 6.45) is 51.7. The minimum atomic E-state index is -4.95. The number of phosphoric ester groups is 2. The van der Waals surface area contributed by atoms with Gasteiger partial charge in [0.25, 0.3) is 0 Å². The topological polar surface area (TPSA) is 237 Å². The van der Waals surface area contributed by atoms with Crippen LogP contribution in [0.2, 0.25) is 0 Å². The summed E-state index contributed by atoms with van der Waals surface area (Å²) in [6, 6.07) is 0. The molecule has 0 aromatic heterocycles. The lowest BCUT2D eigenvalue weighted by Gasteiger charge is -2.21. The van der Waals surface area contributed by atoms with Gasteiger partial charge in [0.15, 0.2) is 12.2 Å². The van der Waals surface area contributed by atoms with Crippen molar-refractivity contribution in [2.75, 3.05) is 39.6 Å². The molecule has 2 unspecified atom stereocenters. The zero-order valence-corrected chi connectivity index (χ0v) is 60.1. The first-order chi connectivity index (χ1) is 43.5. The fourth-order valence-corrected chi connectivity index (χ4v) is 12.4. The maximum absolute atomic E-state index is 13.0. The minimum Gasteiger partial charge on any atom is -0.462 e. The average molecular weight is 1330 g/mol. The Bertz CT molecular complexity index is 1740. The fraction of sp³-hybridized carbons (Fsp3) is 0.944. The highest BCUT2D eigenvalue weighted by atomic mass is 31.2. The molecule has 0 saturated heterocycles. The third-order valence-corrected chi connectivity index (χ3v) is 18.4. The molecular formula is C71H138O17P2. The van der Waals surface area contributed by atoms with Crippen LogP contribution in [0.25, 0.3) is 0 Å². The lowest BCUT2D eigenvalue weighted by Crippen LogP contribution is -2.30. The molecular weight excluding hydrogens is 1190 g/mol. The zero-order valence-electron chi connectivity index (χ0n) is 58.3. The largest absolute Gasteiger partial charge is 0.472 e. The van der Waals surface area contributed by atoms with E-state index in [1.165, 1.54) is 193 Å². The molecule has 17 nitrogen and oxygen atoms in total. The molecule has 0 heterocycles. The van der Waals surface area contributed by atoms with E-state index in [9.17, 15) is 43.2 Å². The van der Waals surface area contributed by atoms with Crippen LogP contribution < -0.4 is 0 Å². The molecule has 0 aliphatic carbocycles. The number of carbonyl (C=O) groups is 4. The quantitative estimate of drug-likeness (QED) is 0.0222. The Morgan fingerprint density at radius 1 is 0.300 bits per heavy atom. The SMILES string of the molecule is CCCCCCCCCCCCCCCCCCCCCCCC(=O)O[C@H](COC(=O)CCCCCCCCCCCCC)COP(=O)(O)OC[C@@H](O)COP(=O)(O)OC[C@@H](COC(=O)CCCCCCCCCCC)OC(=O)CCCCCCCCC(C)C. The molecule has 90 heavy (non-hydrogen) atoms. The first-order valence-corrected chi connectivity index (χ1v) is 40.1. The van der Waals surface area contributed by atoms with Crippen LogP contribution in [-0.4, -0.2) is 96.7 Å². The Morgan fingerprint density at radius 3 is 0.756 bits per heavy atom. The van der Waals surface area contributed by atoms with Crippen molar-refractivity contribution in [1.82, 2.24) is 0 Å². The molecule has 0 rings (SSSR count). The van der Waals surface area contributed by atoms with E-state index in [1.807, 2.05) is 0 Å². The molecule has 0 aromatic carbocycles. The second-order valence-corrected chi connectivity index (χ2v) is 29.0. The number of hydrogen-bond acceptors (Lipinski definition) is 15. The van der Waals surface area contributed by atoms with Gasteiger partial charge in [-0.1, -0.05) is 317 Å². The van der Waals surface area contributed by atoms with Crippen LogP contribution in [0.1, 0.15) is 369 Å². The first kappa shape index (κ1) is 88.1. The average Bonchev–Trinajstić information content (AvgIpc) is 3.59. The molecule has 0 spiro atoms. The van der Waals surface area contributed by atoms with Crippen LogP contribution in [0.3, 0.4) is 0 Å². The molecule has 0 radical (unpaired) electrons. The molecule has 0 aliphatic rings. The van der Waals surface area contributed by atoms with E-state index in [0.29, 0.717) is 31.6 Å². The summed E-state index contributed by atoms with van der Waals surface area (Å²) in [6.45, 7) is 7.13. The highest BCUT2D eigenvalue weighted by molar-refractivity contribution is 7.47. The summed E-state index contributed by atoms with van der Waals surface area (Å²) < 4.78 is 68.2. The van der Waals surface area contributed by atoms with Crippen molar-refractivity contribution in [2.24, 2.45) is 5.92 Å². The molecule has 0 aliphatic heterocycles. The van der Waals surface area contributed by atoms with Gasteiger partial charge in [-0.25, -0.2) is 9.13 Å². The maximum atomic E-state index is 13.0. The van der Waals surface area contributed by atoms with E-state index in [-0.39, 0.29) is 25.7 Å². The van der Waals surface area contributed by atoms with Crippen LogP contribution >= 0.6 is 15.6 Å². The van der Waals surface area contributed by atoms with Crippen molar-refractivity contribution in [2.45, 2.75) is 387 Å². The van der Waals surface area contributed by atoms with Gasteiger partial charge >= 0.3 is 39.5 Å².